The van der Waals surface area contributed by atoms with Crippen LogP contribution in [-0.2, 0) is 9.53 Å². The van der Waals surface area contributed by atoms with E-state index in [2.05, 4.69) is 0 Å². The quantitative estimate of drug-likeness (QED) is 0.362. The van der Waals surface area contributed by atoms with Crippen LogP contribution in [0.4, 0.5) is 0 Å². The Bertz CT molecular complexity index is 519. The molecule has 1 heterocycles. The number of carbonyl (C=O) groups is 1. The molecule has 0 aromatic heterocycles. The summed E-state index contributed by atoms with van der Waals surface area (Å²) in [4.78, 5) is 11.8. The second kappa shape index (κ2) is 5.45. The van der Waals surface area contributed by atoms with E-state index in [4.69, 9.17) is 14.2 Å². The molecule has 1 aliphatic rings. The zero-order valence-corrected chi connectivity index (χ0v) is 11.6. The Labute approximate surface area is 113 Å². The monoisotopic (exact) mass is 262 g/mol. The summed E-state index contributed by atoms with van der Waals surface area (Å²) in [5, 5.41) is 0. The highest BCUT2D eigenvalue weighted by Gasteiger charge is 2.38. The average Bonchev–Trinajstić information content (AvgIpc) is 3.15. The molecule has 4 nitrogen and oxygen atoms in total. The van der Waals surface area contributed by atoms with Gasteiger partial charge < -0.3 is 14.2 Å². The van der Waals surface area contributed by atoms with Gasteiger partial charge in [-0.2, -0.15) is 0 Å². The van der Waals surface area contributed by atoms with Gasteiger partial charge in [0.05, 0.1) is 13.2 Å². The first kappa shape index (κ1) is 13.6. The Morgan fingerprint density at radius 1 is 1.42 bits per heavy atom. The van der Waals surface area contributed by atoms with Gasteiger partial charge in [-0.05, 0) is 39.0 Å². The molecule has 1 saturated heterocycles. The molecule has 0 amide bonds. The van der Waals surface area contributed by atoms with Gasteiger partial charge in [0.25, 0.3) is 0 Å². The topological polar surface area (TPSA) is 48.1 Å². The van der Waals surface area contributed by atoms with E-state index in [9.17, 15) is 4.79 Å². The molecule has 2 rings (SSSR count). The highest BCUT2D eigenvalue weighted by atomic mass is 16.6. The van der Waals surface area contributed by atoms with Gasteiger partial charge in [-0.25, -0.2) is 4.79 Å². The van der Waals surface area contributed by atoms with Crippen LogP contribution in [0.1, 0.15) is 32.4 Å². The number of epoxide rings is 1. The Balaban J connectivity index is 2.27. The molecule has 2 atom stereocenters. The lowest BCUT2D eigenvalue weighted by Crippen LogP contribution is -2.10. The number of ether oxygens (including phenoxy) is 3. The Morgan fingerprint density at radius 3 is 2.63 bits per heavy atom. The maximum atomic E-state index is 11.8. The maximum Gasteiger partial charge on any atom is 0.338 e. The highest BCUT2D eigenvalue weighted by Crippen LogP contribution is 2.44. The number of rotatable bonds is 4. The summed E-state index contributed by atoms with van der Waals surface area (Å²) in [6.07, 6.45) is 1.85. The van der Waals surface area contributed by atoms with E-state index in [1.165, 1.54) is 0 Å². The summed E-state index contributed by atoms with van der Waals surface area (Å²) in [6, 6.07) is 5.36. The van der Waals surface area contributed by atoms with E-state index >= 15 is 0 Å². The van der Waals surface area contributed by atoms with Crippen molar-refractivity contribution in [3.05, 3.63) is 35.4 Å². The van der Waals surface area contributed by atoms with Crippen LogP contribution in [0.5, 0.6) is 11.5 Å². The molecule has 0 saturated carbocycles. The molecule has 0 aliphatic carbocycles. The first-order chi connectivity index (χ1) is 9.06. The minimum Gasteiger partial charge on any atom is -0.497 e. The number of esters is 1. The van der Waals surface area contributed by atoms with Gasteiger partial charge in [0, 0.05) is 11.1 Å². The molecule has 4 heteroatoms. The summed E-state index contributed by atoms with van der Waals surface area (Å²) >= 11 is 0. The zero-order valence-electron chi connectivity index (χ0n) is 11.6. The van der Waals surface area contributed by atoms with Crippen LogP contribution in [0.15, 0.2) is 29.8 Å². The van der Waals surface area contributed by atoms with Crippen molar-refractivity contribution in [2.45, 2.75) is 33.0 Å². The van der Waals surface area contributed by atoms with Crippen molar-refractivity contribution in [1.82, 2.24) is 0 Å². The van der Waals surface area contributed by atoms with Crippen LogP contribution in [-0.4, -0.2) is 19.2 Å². The maximum absolute atomic E-state index is 11.8. The van der Waals surface area contributed by atoms with E-state index in [0.717, 1.165) is 11.3 Å². The lowest BCUT2D eigenvalue weighted by atomic mass is 10.1. The number of allylic oxidation sites excluding steroid dienone is 1. The predicted molar refractivity (Wildman–Crippen MR) is 71.3 cm³/mol. The van der Waals surface area contributed by atoms with Gasteiger partial charge in [0.1, 0.15) is 17.6 Å². The average molecular weight is 262 g/mol. The van der Waals surface area contributed by atoms with E-state index in [1.807, 2.05) is 13.0 Å². The van der Waals surface area contributed by atoms with Gasteiger partial charge >= 0.3 is 5.97 Å². The van der Waals surface area contributed by atoms with Crippen molar-refractivity contribution in [2.75, 3.05) is 7.11 Å². The predicted octanol–water partition coefficient (Wildman–Crippen LogP) is 3.03. The van der Waals surface area contributed by atoms with Crippen LogP contribution >= 0.6 is 0 Å². The minimum atomic E-state index is -0.345. The number of methoxy groups -OCH3 is 1. The smallest absolute Gasteiger partial charge is 0.338 e. The third kappa shape index (κ3) is 2.96. The lowest BCUT2D eigenvalue weighted by molar-refractivity contribution is -0.130. The second-order valence-electron chi connectivity index (χ2n) is 4.53. The van der Waals surface area contributed by atoms with E-state index in [0.29, 0.717) is 11.3 Å². The Kier molecular flexibility index (Phi) is 3.90. The molecule has 19 heavy (non-hydrogen) atoms. The molecule has 0 radical (unpaired) electrons. The first-order valence-corrected chi connectivity index (χ1v) is 6.25. The lowest BCUT2D eigenvalue weighted by Gasteiger charge is -2.10. The van der Waals surface area contributed by atoms with Gasteiger partial charge in [-0.3, -0.25) is 0 Å². The van der Waals surface area contributed by atoms with Crippen LogP contribution in [0.3, 0.4) is 0 Å². The van der Waals surface area contributed by atoms with E-state index in [-0.39, 0.29) is 18.2 Å². The summed E-state index contributed by atoms with van der Waals surface area (Å²) in [6.45, 7) is 5.51. The first-order valence-electron chi connectivity index (χ1n) is 6.25. The Morgan fingerprint density at radius 2 is 2.11 bits per heavy atom. The number of carbonyl (C=O) groups excluding carboxylic acids is 1. The van der Waals surface area contributed by atoms with Gasteiger partial charge in [0.15, 0.2) is 0 Å². The SMILES string of the molecule is C/C=C(\C)C(=O)Oc1ccc(OC)cc1C1OC1C. The largest absolute Gasteiger partial charge is 0.497 e. The second-order valence-corrected chi connectivity index (χ2v) is 4.53. The van der Waals surface area contributed by atoms with Gasteiger partial charge in [-0.15, -0.1) is 0 Å². The summed E-state index contributed by atoms with van der Waals surface area (Å²) < 4.78 is 16.0. The highest BCUT2D eigenvalue weighted by molar-refractivity contribution is 5.89. The standard InChI is InChI=1S/C15H18O4/c1-5-9(2)15(16)19-13-7-6-11(17-4)8-12(13)14-10(3)18-14/h5-8,10,14H,1-4H3/b9-5+. The summed E-state index contributed by atoms with van der Waals surface area (Å²) in [5.41, 5.74) is 1.43. The Hall–Kier alpha value is -1.81. The third-order valence-electron chi connectivity index (χ3n) is 3.19. The molecule has 0 bridgehead atoms. The number of hydrogen-bond donors (Lipinski definition) is 0. The van der Waals surface area contributed by atoms with Crippen molar-refractivity contribution < 1.29 is 19.0 Å². The fourth-order valence-electron chi connectivity index (χ4n) is 1.78. The molecular weight excluding hydrogens is 244 g/mol. The molecule has 1 aromatic rings. The van der Waals surface area contributed by atoms with Crippen LogP contribution in [0.2, 0.25) is 0 Å². The van der Waals surface area contributed by atoms with Gasteiger partial charge in [0.2, 0.25) is 0 Å². The fraction of sp³-hybridized carbons (Fsp3) is 0.400. The summed E-state index contributed by atoms with van der Waals surface area (Å²) in [7, 11) is 1.60. The molecule has 1 aromatic carbocycles. The van der Waals surface area contributed by atoms with Crippen molar-refractivity contribution in [3.8, 4) is 11.5 Å². The summed E-state index contributed by atoms with van der Waals surface area (Å²) in [5.74, 6) is 0.906. The molecule has 2 unspecified atom stereocenters. The van der Waals surface area contributed by atoms with E-state index < -0.39 is 0 Å². The van der Waals surface area contributed by atoms with Crippen LogP contribution < -0.4 is 9.47 Å². The molecule has 1 fully saturated rings. The molecule has 0 N–H and O–H groups in total. The fourth-order valence-corrected chi connectivity index (χ4v) is 1.78. The third-order valence-corrected chi connectivity index (χ3v) is 3.19. The van der Waals surface area contributed by atoms with Gasteiger partial charge in [-0.1, -0.05) is 6.08 Å². The van der Waals surface area contributed by atoms with Crippen molar-refractivity contribution >= 4 is 5.97 Å². The normalized spacial score (nSPS) is 22.0. The molecule has 1 aliphatic heterocycles. The van der Waals surface area contributed by atoms with E-state index in [1.54, 1.807) is 39.2 Å². The molecule has 0 spiro atoms. The number of hydrogen-bond acceptors (Lipinski definition) is 4. The van der Waals surface area contributed by atoms with Crippen molar-refractivity contribution in [1.29, 1.82) is 0 Å². The minimum absolute atomic E-state index is 0.0242. The molecule has 102 valence electrons. The zero-order chi connectivity index (χ0) is 14.0. The molecular formula is C15H18O4. The van der Waals surface area contributed by atoms with Crippen molar-refractivity contribution in [2.24, 2.45) is 0 Å². The van der Waals surface area contributed by atoms with Crippen LogP contribution in [0, 0.1) is 0 Å². The number of benzene rings is 1. The van der Waals surface area contributed by atoms with Crippen LogP contribution in [0.25, 0.3) is 0 Å². The van der Waals surface area contributed by atoms with Crippen molar-refractivity contribution in [3.63, 3.8) is 0 Å².